The molecule has 2 aromatic rings. The van der Waals surface area contributed by atoms with Crippen LogP contribution in [0.1, 0.15) is 35.3 Å². The average molecular weight is 358 g/mol. The molecule has 4 heterocycles. The maximum atomic E-state index is 12.6. The molecule has 7 heteroatoms. The van der Waals surface area contributed by atoms with Gasteiger partial charge in [0, 0.05) is 37.6 Å². The van der Waals surface area contributed by atoms with Crippen molar-refractivity contribution in [1.82, 2.24) is 14.3 Å². The Labute approximate surface area is 151 Å². The highest BCUT2D eigenvalue weighted by Crippen LogP contribution is 2.30. The Balaban J connectivity index is 1.43. The molecule has 2 aromatic heterocycles. The number of hydrogen-bond donors (Lipinski definition) is 0. The SMILES string of the molecule is Cc1nscc1C(=O)N1CCC(Oc2cccnc2N2CCCC2)C1. The minimum Gasteiger partial charge on any atom is -0.485 e. The minimum absolute atomic E-state index is 0.0152. The van der Waals surface area contributed by atoms with Crippen LogP contribution >= 0.6 is 11.5 Å². The van der Waals surface area contributed by atoms with E-state index in [1.807, 2.05) is 35.5 Å². The summed E-state index contributed by atoms with van der Waals surface area (Å²) in [6, 6.07) is 3.89. The van der Waals surface area contributed by atoms with Crippen LogP contribution in [0.4, 0.5) is 5.82 Å². The lowest BCUT2D eigenvalue weighted by atomic mass is 10.2. The number of hydrogen-bond acceptors (Lipinski definition) is 6. The molecule has 1 unspecified atom stereocenters. The summed E-state index contributed by atoms with van der Waals surface area (Å²) >= 11 is 1.33. The Morgan fingerprint density at radius 2 is 2.16 bits per heavy atom. The van der Waals surface area contributed by atoms with Crippen LogP contribution < -0.4 is 9.64 Å². The molecule has 0 aromatic carbocycles. The number of aromatic nitrogens is 2. The number of likely N-dealkylation sites (tertiary alicyclic amines) is 1. The van der Waals surface area contributed by atoms with Crippen molar-refractivity contribution in [3.63, 3.8) is 0 Å². The topological polar surface area (TPSA) is 58.6 Å². The molecule has 0 saturated carbocycles. The normalized spacial score (nSPS) is 20.3. The van der Waals surface area contributed by atoms with Crippen molar-refractivity contribution in [2.45, 2.75) is 32.3 Å². The lowest BCUT2D eigenvalue weighted by Gasteiger charge is -2.22. The number of carbonyl (C=O) groups excluding carboxylic acids is 1. The number of rotatable bonds is 4. The standard InChI is InChI=1S/C18H22N4O2S/c1-13-15(12-25-20-13)18(23)22-10-6-14(11-22)24-16-5-4-7-19-17(16)21-8-2-3-9-21/h4-5,7,12,14H,2-3,6,8-11H2,1H3. The van der Waals surface area contributed by atoms with Gasteiger partial charge in [-0.05, 0) is 43.4 Å². The Morgan fingerprint density at radius 1 is 1.32 bits per heavy atom. The van der Waals surface area contributed by atoms with E-state index in [-0.39, 0.29) is 12.0 Å². The van der Waals surface area contributed by atoms with Gasteiger partial charge in [-0.3, -0.25) is 4.79 Å². The average Bonchev–Trinajstić information content (AvgIpc) is 3.36. The first kappa shape index (κ1) is 16.3. The van der Waals surface area contributed by atoms with Gasteiger partial charge in [0.15, 0.2) is 11.6 Å². The van der Waals surface area contributed by atoms with Gasteiger partial charge in [0.25, 0.3) is 5.91 Å². The predicted octanol–water partition coefficient (Wildman–Crippen LogP) is 2.74. The van der Waals surface area contributed by atoms with Gasteiger partial charge in [-0.15, -0.1) is 0 Å². The van der Waals surface area contributed by atoms with Crippen molar-refractivity contribution < 1.29 is 9.53 Å². The van der Waals surface area contributed by atoms with E-state index in [0.717, 1.165) is 43.3 Å². The van der Waals surface area contributed by atoms with Crippen molar-refractivity contribution in [3.05, 3.63) is 35.0 Å². The number of aryl methyl sites for hydroxylation is 1. The Hall–Kier alpha value is -2.15. The molecule has 2 fully saturated rings. The summed E-state index contributed by atoms with van der Waals surface area (Å²) in [5.41, 5.74) is 1.52. The van der Waals surface area contributed by atoms with Crippen LogP contribution in [0, 0.1) is 6.92 Å². The first-order valence-corrected chi connectivity index (χ1v) is 9.63. The zero-order valence-corrected chi connectivity index (χ0v) is 15.2. The zero-order valence-electron chi connectivity index (χ0n) is 14.4. The van der Waals surface area contributed by atoms with Crippen molar-refractivity contribution >= 4 is 23.3 Å². The number of amides is 1. The van der Waals surface area contributed by atoms with Gasteiger partial charge in [-0.1, -0.05) is 0 Å². The fraction of sp³-hybridized carbons (Fsp3) is 0.500. The van der Waals surface area contributed by atoms with Crippen LogP contribution in [-0.2, 0) is 0 Å². The minimum atomic E-state index is 0.0152. The smallest absolute Gasteiger partial charge is 0.256 e. The van der Waals surface area contributed by atoms with E-state index in [1.54, 1.807) is 0 Å². The first-order valence-electron chi connectivity index (χ1n) is 8.79. The fourth-order valence-corrected chi connectivity index (χ4v) is 4.18. The van der Waals surface area contributed by atoms with Crippen LogP contribution in [0.2, 0.25) is 0 Å². The quantitative estimate of drug-likeness (QED) is 0.841. The molecule has 2 aliphatic rings. The summed E-state index contributed by atoms with van der Waals surface area (Å²) in [4.78, 5) is 21.3. The van der Waals surface area contributed by atoms with Gasteiger partial charge < -0.3 is 14.5 Å². The number of carbonyl (C=O) groups is 1. The van der Waals surface area contributed by atoms with Crippen molar-refractivity contribution in [2.75, 3.05) is 31.1 Å². The maximum Gasteiger partial charge on any atom is 0.256 e. The summed E-state index contributed by atoms with van der Waals surface area (Å²) in [6.45, 7) is 5.28. The van der Waals surface area contributed by atoms with Crippen molar-refractivity contribution in [3.8, 4) is 5.75 Å². The van der Waals surface area contributed by atoms with Gasteiger partial charge in [0.2, 0.25) is 0 Å². The van der Waals surface area contributed by atoms with E-state index in [1.165, 1.54) is 24.4 Å². The second-order valence-corrected chi connectivity index (χ2v) is 7.24. The third kappa shape index (κ3) is 3.33. The zero-order chi connectivity index (χ0) is 17.2. The molecule has 1 amide bonds. The van der Waals surface area contributed by atoms with E-state index in [9.17, 15) is 4.79 Å². The predicted molar refractivity (Wildman–Crippen MR) is 97.5 cm³/mol. The lowest BCUT2D eigenvalue weighted by Crippen LogP contribution is -2.31. The van der Waals surface area contributed by atoms with Crippen molar-refractivity contribution in [1.29, 1.82) is 0 Å². The van der Waals surface area contributed by atoms with E-state index in [4.69, 9.17) is 4.74 Å². The first-order chi connectivity index (χ1) is 12.2. The highest BCUT2D eigenvalue weighted by atomic mass is 32.1. The third-order valence-corrected chi connectivity index (χ3v) is 5.58. The van der Waals surface area contributed by atoms with Gasteiger partial charge >= 0.3 is 0 Å². The molecule has 0 bridgehead atoms. The largest absolute Gasteiger partial charge is 0.485 e. The molecule has 0 N–H and O–H groups in total. The molecule has 2 saturated heterocycles. The van der Waals surface area contributed by atoms with Gasteiger partial charge in [-0.25, -0.2) is 4.98 Å². The highest BCUT2D eigenvalue weighted by Gasteiger charge is 2.30. The molecule has 2 aliphatic heterocycles. The van der Waals surface area contributed by atoms with E-state index in [2.05, 4.69) is 14.3 Å². The summed E-state index contributed by atoms with van der Waals surface area (Å²) in [6.07, 6.45) is 5.08. The van der Waals surface area contributed by atoms with Gasteiger partial charge in [-0.2, -0.15) is 4.37 Å². The maximum absolute atomic E-state index is 12.6. The monoisotopic (exact) mass is 358 g/mol. The molecule has 4 rings (SSSR count). The van der Waals surface area contributed by atoms with E-state index < -0.39 is 0 Å². The highest BCUT2D eigenvalue weighted by molar-refractivity contribution is 7.03. The number of nitrogens with zero attached hydrogens (tertiary/aromatic N) is 4. The molecule has 6 nitrogen and oxygen atoms in total. The lowest BCUT2D eigenvalue weighted by molar-refractivity contribution is 0.0772. The summed E-state index contributed by atoms with van der Waals surface area (Å²) in [5.74, 6) is 1.82. The molecule has 0 aliphatic carbocycles. The Bertz CT molecular complexity index is 757. The second kappa shape index (κ2) is 7.00. The summed E-state index contributed by atoms with van der Waals surface area (Å²) < 4.78 is 10.4. The van der Waals surface area contributed by atoms with Crippen LogP contribution in [-0.4, -0.2) is 52.4 Å². The molecular weight excluding hydrogens is 336 g/mol. The second-order valence-electron chi connectivity index (χ2n) is 6.61. The van der Waals surface area contributed by atoms with Crippen LogP contribution in [0.15, 0.2) is 23.7 Å². The van der Waals surface area contributed by atoms with E-state index in [0.29, 0.717) is 12.1 Å². The van der Waals surface area contributed by atoms with E-state index >= 15 is 0 Å². The molecule has 132 valence electrons. The number of anilines is 1. The molecular formula is C18H22N4O2S. The van der Waals surface area contributed by atoms with Crippen LogP contribution in [0.25, 0.3) is 0 Å². The Morgan fingerprint density at radius 3 is 2.92 bits per heavy atom. The van der Waals surface area contributed by atoms with Crippen molar-refractivity contribution in [2.24, 2.45) is 0 Å². The van der Waals surface area contributed by atoms with Gasteiger partial charge in [0.05, 0.1) is 17.8 Å². The molecule has 0 spiro atoms. The fourth-order valence-electron chi connectivity index (χ4n) is 3.50. The van der Waals surface area contributed by atoms with Gasteiger partial charge in [0.1, 0.15) is 6.10 Å². The molecule has 0 radical (unpaired) electrons. The number of ether oxygens (including phenoxy) is 1. The summed E-state index contributed by atoms with van der Waals surface area (Å²) in [5, 5.41) is 1.83. The number of pyridine rings is 1. The van der Waals surface area contributed by atoms with Crippen LogP contribution in [0.3, 0.4) is 0 Å². The molecule has 25 heavy (non-hydrogen) atoms. The third-order valence-electron chi connectivity index (χ3n) is 4.86. The van der Waals surface area contributed by atoms with Crippen LogP contribution in [0.5, 0.6) is 5.75 Å². The summed E-state index contributed by atoms with van der Waals surface area (Å²) in [7, 11) is 0. The molecule has 1 atom stereocenters. The Kier molecular flexibility index (Phi) is 4.57.